The van der Waals surface area contributed by atoms with E-state index in [1.54, 1.807) is 49.4 Å². The molecule has 3 aromatic carbocycles. The molecule has 0 aliphatic rings. The van der Waals surface area contributed by atoms with Gasteiger partial charge in [0.15, 0.2) is 0 Å². The third-order valence-corrected chi connectivity index (χ3v) is 9.05. The molecule has 3 rings (SSSR count). The summed E-state index contributed by atoms with van der Waals surface area (Å²) in [6.07, 6.45) is 0.251. The Bertz CT molecular complexity index is 1480. The molecule has 0 saturated heterocycles. The number of hydrogen-bond donors (Lipinski definition) is 1. The summed E-state index contributed by atoms with van der Waals surface area (Å²) in [5.41, 5.74) is 1.38. The molecule has 41 heavy (non-hydrogen) atoms. The number of carbonyl (C=O) groups excluding carboxylic acids is 2. The molecular formula is C29H33Cl2N3O6S. The highest BCUT2D eigenvalue weighted by Crippen LogP contribution is 2.36. The summed E-state index contributed by atoms with van der Waals surface area (Å²) in [6, 6.07) is 14.9. The first-order valence-corrected chi connectivity index (χ1v) is 14.9. The summed E-state index contributed by atoms with van der Waals surface area (Å²) in [5, 5.41) is 3.19. The molecule has 9 nitrogen and oxygen atoms in total. The van der Waals surface area contributed by atoms with Crippen LogP contribution in [0.5, 0.6) is 11.5 Å². The van der Waals surface area contributed by atoms with Gasteiger partial charge in [-0.1, -0.05) is 53.9 Å². The fourth-order valence-corrected chi connectivity index (χ4v) is 6.22. The van der Waals surface area contributed by atoms with Crippen LogP contribution in [0.3, 0.4) is 0 Å². The van der Waals surface area contributed by atoms with E-state index in [-0.39, 0.29) is 29.3 Å². The number of amides is 2. The Labute approximate surface area is 251 Å². The van der Waals surface area contributed by atoms with Gasteiger partial charge in [-0.3, -0.25) is 13.9 Å². The highest BCUT2D eigenvalue weighted by atomic mass is 35.5. The van der Waals surface area contributed by atoms with Crippen molar-refractivity contribution in [2.75, 3.05) is 32.1 Å². The minimum atomic E-state index is -4.31. The van der Waals surface area contributed by atoms with Crippen molar-refractivity contribution in [2.45, 2.75) is 37.8 Å². The zero-order valence-corrected chi connectivity index (χ0v) is 25.8. The average molecular weight is 623 g/mol. The number of halogens is 2. The van der Waals surface area contributed by atoms with Gasteiger partial charge in [-0.15, -0.1) is 0 Å². The summed E-state index contributed by atoms with van der Waals surface area (Å²) in [7, 11) is -0.00186. The number of carbonyl (C=O) groups is 2. The fraction of sp³-hybridized carbons (Fsp3) is 0.310. The number of likely N-dealkylation sites (N-methyl/N-ethyl adjacent to an activating group) is 1. The number of sulfonamides is 1. The zero-order valence-electron chi connectivity index (χ0n) is 23.5. The van der Waals surface area contributed by atoms with Gasteiger partial charge >= 0.3 is 0 Å². The van der Waals surface area contributed by atoms with E-state index in [1.807, 2.05) is 6.92 Å². The molecule has 1 N–H and O–H groups in total. The van der Waals surface area contributed by atoms with Crippen LogP contribution in [0, 0.1) is 6.92 Å². The molecule has 12 heteroatoms. The van der Waals surface area contributed by atoms with Crippen molar-refractivity contribution in [2.24, 2.45) is 0 Å². The zero-order chi connectivity index (χ0) is 30.3. The van der Waals surface area contributed by atoms with Gasteiger partial charge in [0.25, 0.3) is 10.0 Å². The van der Waals surface area contributed by atoms with E-state index < -0.39 is 34.4 Å². The van der Waals surface area contributed by atoms with Crippen LogP contribution in [0.2, 0.25) is 10.0 Å². The Kier molecular flexibility index (Phi) is 10.9. The number of rotatable bonds is 12. The van der Waals surface area contributed by atoms with E-state index in [0.29, 0.717) is 21.4 Å². The lowest BCUT2D eigenvalue weighted by molar-refractivity contribution is -0.140. The second-order valence-electron chi connectivity index (χ2n) is 9.12. The van der Waals surface area contributed by atoms with Crippen LogP contribution in [-0.4, -0.2) is 59.0 Å². The summed E-state index contributed by atoms with van der Waals surface area (Å²) < 4.78 is 40.0. The van der Waals surface area contributed by atoms with Crippen molar-refractivity contribution in [1.82, 2.24) is 10.2 Å². The lowest BCUT2D eigenvalue weighted by Crippen LogP contribution is -2.51. The number of nitrogens with zero attached hydrogens (tertiary/aromatic N) is 2. The van der Waals surface area contributed by atoms with E-state index in [2.05, 4.69) is 5.32 Å². The molecule has 2 amide bonds. The van der Waals surface area contributed by atoms with E-state index in [4.69, 9.17) is 32.7 Å². The molecule has 0 aromatic heterocycles. The normalized spacial score (nSPS) is 11.9. The van der Waals surface area contributed by atoms with Crippen LogP contribution >= 0.6 is 23.2 Å². The molecule has 0 aliphatic heterocycles. The highest BCUT2D eigenvalue weighted by molar-refractivity contribution is 7.92. The molecule has 220 valence electrons. The SMILES string of the molecule is CC[C@H](C(=O)NC)N(Cc1c(Cl)cccc1Cl)C(=O)CN(c1cc(OC)ccc1OC)S(=O)(=O)c1ccc(C)cc1. The van der Waals surface area contributed by atoms with Gasteiger partial charge in [-0.25, -0.2) is 8.42 Å². The van der Waals surface area contributed by atoms with E-state index in [9.17, 15) is 18.0 Å². The molecular weight excluding hydrogens is 589 g/mol. The van der Waals surface area contributed by atoms with Crippen molar-refractivity contribution in [3.05, 3.63) is 81.8 Å². The Hall–Kier alpha value is -3.47. The van der Waals surface area contributed by atoms with Gasteiger partial charge in [0.05, 0.1) is 24.8 Å². The minimum Gasteiger partial charge on any atom is -0.497 e. The number of methoxy groups -OCH3 is 2. The van der Waals surface area contributed by atoms with Crippen molar-refractivity contribution >= 4 is 50.7 Å². The van der Waals surface area contributed by atoms with Crippen LogP contribution in [0.1, 0.15) is 24.5 Å². The van der Waals surface area contributed by atoms with Crippen molar-refractivity contribution < 1.29 is 27.5 Å². The number of hydrogen-bond acceptors (Lipinski definition) is 6. The van der Waals surface area contributed by atoms with Gasteiger partial charge in [-0.2, -0.15) is 0 Å². The second-order valence-corrected chi connectivity index (χ2v) is 11.8. The van der Waals surface area contributed by atoms with Gasteiger partial charge in [0, 0.05) is 35.3 Å². The van der Waals surface area contributed by atoms with E-state index in [1.165, 1.54) is 44.4 Å². The topological polar surface area (TPSA) is 105 Å². The smallest absolute Gasteiger partial charge is 0.264 e. The fourth-order valence-electron chi connectivity index (χ4n) is 4.28. The molecule has 0 fully saturated rings. The molecule has 0 bridgehead atoms. The number of aryl methyl sites for hydroxylation is 1. The quantitative estimate of drug-likeness (QED) is 0.303. The molecule has 0 heterocycles. The first-order chi connectivity index (χ1) is 19.5. The van der Waals surface area contributed by atoms with Crippen molar-refractivity contribution in [3.8, 4) is 11.5 Å². The molecule has 1 atom stereocenters. The van der Waals surface area contributed by atoms with Crippen LogP contribution in [0.4, 0.5) is 5.69 Å². The standard InChI is InChI=1S/C29H33Cl2N3O6S/c1-6-25(29(36)32-3)33(17-22-23(30)8-7-9-24(22)31)28(35)18-34(26-16-20(39-4)12-15-27(26)40-5)41(37,38)21-13-10-19(2)11-14-21/h7-16,25H,6,17-18H2,1-5H3,(H,32,36)/t25-/m1/s1. The maximum Gasteiger partial charge on any atom is 0.264 e. The number of nitrogens with one attached hydrogen (secondary N) is 1. The van der Waals surface area contributed by atoms with Crippen molar-refractivity contribution in [1.29, 1.82) is 0 Å². The van der Waals surface area contributed by atoms with Crippen LogP contribution < -0.4 is 19.1 Å². The number of ether oxygens (including phenoxy) is 2. The first-order valence-electron chi connectivity index (χ1n) is 12.7. The molecule has 3 aromatic rings. The monoisotopic (exact) mass is 621 g/mol. The van der Waals surface area contributed by atoms with Gasteiger partial charge in [-0.05, 0) is 49.7 Å². The summed E-state index contributed by atoms with van der Waals surface area (Å²) in [5.74, 6) is -0.518. The first kappa shape index (κ1) is 32.0. The second kappa shape index (κ2) is 13.9. The number of anilines is 1. The average Bonchev–Trinajstić information content (AvgIpc) is 2.96. The Balaban J connectivity index is 2.19. The third-order valence-electron chi connectivity index (χ3n) is 6.57. The van der Waals surface area contributed by atoms with Crippen molar-refractivity contribution in [3.63, 3.8) is 0 Å². The highest BCUT2D eigenvalue weighted by Gasteiger charge is 2.35. The molecule has 0 unspecified atom stereocenters. The van der Waals surface area contributed by atoms with Gasteiger partial charge in [0.1, 0.15) is 24.1 Å². The maximum atomic E-state index is 14.1. The lowest BCUT2D eigenvalue weighted by atomic mass is 10.1. The van der Waals surface area contributed by atoms with Crippen LogP contribution in [0.15, 0.2) is 65.6 Å². The summed E-state index contributed by atoms with van der Waals surface area (Å²) in [6.45, 7) is 2.80. The Morgan fingerprint density at radius 3 is 2.15 bits per heavy atom. The third kappa shape index (κ3) is 7.25. The molecule has 0 aliphatic carbocycles. The predicted octanol–water partition coefficient (Wildman–Crippen LogP) is 5.07. The van der Waals surface area contributed by atoms with Crippen LogP contribution in [-0.2, 0) is 26.2 Å². The minimum absolute atomic E-state index is 0.0280. The Morgan fingerprint density at radius 2 is 1.61 bits per heavy atom. The lowest BCUT2D eigenvalue weighted by Gasteiger charge is -2.33. The molecule has 0 saturated carbocycles. The predicted molar refractivity (Wildman–Crippen MR) is 160 cm³/mol. The molecule has 0 spiro atoms. The van der Waals surface area contributed by atoms with Gasteiger partial charge in [0.2, 0.25) is 11.8 Å². The van der Waals surface area contributed by atoms with E-state index in [0.717, 1.165) is 9.87 Å². The number of benzene rings is 3. The van der Waals surface area contributed by atoms with Gasteiger partial charge < -0.3 is 19.7 Å². The van der Waals surface area contributed by atoms with Crippen LogP contribution in [0.25, 0.3) is 0 Å². The molecule has 0 radical (unpaired) electrons. The summed E-state index contributed by atoms with van der Waals surface area (Å²) >= 11 is 12.8. The Morgan fingerprint density at radius 1 is 0.976 bits per heavy atom. The summed E-state index contributed by atoms with van der Waals surface area (Å²) in [4.78, 5) is 28.3. The van der Waals surface area contributed by atoms with E-state index >= 15 is 0 Å². The largest absolute Gasteiger partial charge is 0.497 e. The maximum absolute atomic E-state index is 14.1.